The average Bonchev–Trinajstić information content (AvgIpc) is 2.54. The highest BCUT2D eigenvalue weighted by Gasteiger charge is 2.31. The molecule has 2 aromatic carbocycles. The molecule has 0 saturated heterocycles. The molecule has 0 fully saturated rings. The van der Waals surface area contributed by atoms with Crippen LogP contribution < -0.4 is 4.74 Å². The summed E-state index contributed by atoms with van der Waals surface area (Å²) in [5.41, 5.74) is -0.0527. The van der Waals surface area contributed by atoms with Crippen molar-refractivity contribution in [1.29, 1.82) is 0 Å². The number of aromatic carboxylic acids is 1. The van der Waals surface area contributed by atoms with Gasteiger partial charge in [-0.05, 0) is 23.8 Å². The Morgan fingerprint density at radius 1 is 1.00 bits per heavy atom. The third kappa shape index (κ3) is 3.52. The molecular formula is C17H9F4NO3. The molecule has 1 N–H and O–H groups in total. The van der Waals surface area contributed by atoms with Gasteiger partial charge in [-0.25, -0.2) is 14.2 Å². The van der Waals surface area contributed by atoms with Crippen molar-refractivity contribution < 1.29 is 32.2 Å². The van der Waals surface area contributed by atoms with Crippen LogP contribution in [0.25, 0.3) is 22.0 Å². The minimum absolute atomic E-state index is 0.0843. The van der Waals surface area contributed by atoms with Crippen LogP contribution in [0.2, 0.25) is 0 Å². The largest absolute Gasteiger partial charge is 0.573 e. The van der Waals surface area contributed by atoms with Gasteiger partial charge in [-0.1, -0.05) is 30.3 Å². The second-order valence-corrected chi connectivity index (χ2v) is 5.07. The fraction of sp³-hybridized carbons (Fsp3) is 0.0588. The van der Waals surface area contributed by atoms with Gasteiger partial charge >= 0.3 is 12.3 Å². The maximum absolute atomic E-state index is 14.7. The summed E-state index contributed by atoms with van der Waals surface area (Å²) in [7, 11) is 0. The smallest absolute Gasteiger partial charge is 0.477 e. The maximum Gasteiger partial charge on any atom is 0.573 e. The number of aromatic nitrogens is 1. The van der Waals surface area contributed by atoms with Crippen LogP contribution in [-0.2, 0) is 0 Å². The number of pyridine rings is 1. The van der Waals surface area contributed by atoms with Gasteiger partial charge in [-0.3, -0.25) is 0 Å². The number of carbonyl (C=O) groups is 1. The third-order valence-corrected chi connectivity index (χ3v) is 3.42. The van der Waals surface area contributed by atoms with Crippen LogP contribution in [0, 0.1) is 5.82 Å². The van der Waals surface area contributed by atoms with Crippen molar-refractivity contribution in [3.63, 3.8) is 0 Å². The van der Waals surface area contributed by atoms with Crippen LogP contribution in [0.15, 0.2) is 48.5 Å². The fourth-order valence-corrected chi connectivity index (χ4v) is 2.33. The van der Waals surface area contributed by atoms with Gasteiger partial charge in [-0.15, -0.1) is 13.2 Å². The van der Waals surface area contributed by atoms with Crippen molar-refractivity contribution >= 4 is 16.9 Å². The van der Waals surface area contributed by atoms with Gasteiger partial charge < -0.3 is 9.84 Å². The van der Waals surface area contributed by atoms with Crippen LogP contribution in [0.1, 0.15) is 10.5 Å². The van der Waals surface area contributed by atoms with E-state index in [2.05, 4.69) is 9.72 Å². The van der Waals surface area contributed by atoms with Crippen molar-refractivity contribution in [2.75, 3.05) is 0 Å². The highest BCUT2D eigenvalue weighted by Crippen LogP contribution is 2.30. The van der Waals surface area contributed by atoms with E-state index in [1.54, 1.807) is 6.07 Å². The van der Waals surface area contributed by atoms with Gasteiger partial charge in [0.05, 0.1) is 0 Å². The minimum atomic E-state index is -4.81. The fourth-order valence-electron chi connectivity index (χ4n) is 2.33. The van der Waals surface area contributed by atoms with E-state index in [0.717, 1.165) is 12.1 Å². The van der Waals surface area contributed by atoms with Crippen molar-refractivity contribution in [2.45, 2.75) is 6.36 Å². The Hall–Kier alpha value is -3.16. The number of hydrogen-bond donors (Lipinski definition) is 1. The highest BCUT2D eigenvalue weighted by molar-refractivity contribution is 5.91. The first-order valence-corrected chi connectivity index (χ1v) is 6.93. The first kappa shape index (κ1) is 16.7. The van der Waals surface area contributed by atoms with E-state index in [-0.39, 0.29) is 16.8 Å². The van der Waals surface area contributed by atoms with Gasteiger partial charge in [0, 0.05) is 10.9 Å². The zero-order chi connectivity index (χ0) is 18.2. The Balaban J connectivity index is 2.03. The van der Waals surface area contributed by atoms with E-state index in [0.29, 0.717) is 10.9 Å². The molecule has 128 valence electrons. The Kier molecular flexibility index (Phi) is 4.03. The molecule has 0 amide bonds. The lowest BCUT2D eigenvalue weighted by Gasteiger charge is -2.10. The molecule has 8 heteroatoms. The average molecular weight is 351 g/mol. The minimum Gasteiger partial charge on any atom is -0.477 e. The number of benzene rings is 2. The van der Waals surface area contributed by atoms with Crippen LogP contribution in [-0.4, -0.2) is 22.4 Å². The second-order valence-electron chi connectivity index (χ2n) is 5.07. The van der Waals surface area contributed by atoms with Crippen LogP contribution in [0.4, 0.5) is 17.6 Å². The summed E-state index contributed by atoms with van der Waals surface area (Å²) in [6.45, 7) is 0. The zero-order valence-corrected chi connectivity index (χ0v) is 12.3. The van der Waals surface area contributed by atoms with Crippen molar-refractivity contribution in [1.82, 2.24) is 4.98 Å². The van der Waals surface area contributed by atoms with E-state index in [1.807, 2.05) is 0 Å². The van der Waals surface area contributed by atoms with Crippen molar-refractivity contribution in [3.8, 4) is 16.9 Å². The van der Waals surface area contributed by atoms with Crippen LogP contribution in [0.3, 0.4) is 0 Å². The van der Waals surface area contributed by atoms with Gasteiger partial charge in [0.15, 0.2) is 5.82 Å². The summed E-state index contributed by atoms with van der Waals surface area (Å²) in [6.07, 6.45) is -4.81. The number of ether oxygens (including phenoxy) is 1. The standard InChI is InChI=1S/C17H9F4NO3/c18-14-12(9-1-5-11(6-2-9)25-17(19,20)21)7-3-10-4-8-13(16(23)24)22-15(10)14/h1-8H,(H,23,24). The molecule has 0 saturated carbocycles. The predicted molar refractivity (Wildman–Crippen MR) is 80.8 cm³/mol. The molecule has 0 spiro atoms. The lowest BCUT2D eigenvalue weighted by molar-refractivity contribution is -0.274. The summed E-state index contributed by atoms with van der Waals surface area (Å²) in [6, 6.07) is 10.3. The van der Waals surface area contributed by atoms with Crippen molar-refractivity contribution in [2.24, 2.45) is 0 Å². The number of rotatable bonds is 3. The zero-order valence-electron chi connectivity index (χ0n) is 12.3. The lowest BCUT2D eigenvalue weighted by Crippen LogP contribution is -2.16. The van der Waals surface area contributed by atoms with E-state index < -0.39 is 23.9 Å². The number of fused-ring (bicyclic) bond motifs is 1. The molecule has 0 aliphatic heterocycles. The summed E-state index contributed by atoms with van der Waals surface area (Å²) < 4.78 is 55.0. The molecule has 0 atom stereocenters. The summed E-state index contributed by atoms with van der Waals surface area (Å²) in [5, 5.41) is 9.36. The second kappa shape index (κ2) is 6.04. The number of carboxylic acids is 1. The molecular weight excluding hydrogens is 342 g/mol. The monoisotopic (exact) mass is 351 g/mol. The molecule has 25 heavy (non-hydrogen) atoms. The molecule has 0 aliphatic rings. The summed E-state index contributed by atoms with van der Waals surface area (Å²) in [4.78, 5) is 14.8. The van der Waals surface area contributed by atoms with Crippen LogP contribution in [0.5, 0.6) is 5.75 Å². The van der Waals surface area contributed by atoms with E-state index in [4.69, 9.17) is 5.11 Å². The summed E-state index contributed by atoms with van der Waals surface area (Å²) in [5.74, 6) is -2.48. The SMILES string of the molecule is O=C(O)c1ccc2ccc(-c3ccc(OC(F)(F)F)cc3)c(F)c2n1. The molecule has 4 nitrogen and oxygen atoms in total. The normalized spacial score (nSPS) is 11.5. The number of hydrogen-bond acceptors (Lipinski definition) is 3. The Morgan fingerprint density at radius 2 is 1.64 bits per heavy atom. The molecule has 0 bridgehead atoms. The van der Waals surface area contributed by atoms with Gasteiger partial charge in [0.1, 0.15) is 17.0 Å². The molecule has 0 radical (unpaired) electrons. The van der Waals surface area contributed by atoms with Gasteiger partial charge in [0.25, 0.3) is 0 Å². The van der Waals surface area contributed by atoms with E-state index >= 15 is 0 Å². The molecule has 0 aliphatic carbocycles. The molecule has 0 unspecified atom stereocenters. The molecule has 3 aromatic rings. The number of halogens is 4. The Morgan fingerprint density at radius 3 is 2.24 bits per heavy atom. The molecule has 3 rings (SSSR count). The lowest BCUT2D eigenvalue weighted by atomic mass is 10.0. The van der Waals surface area contributed by atoms with Gasteiger partial charge in [0.2, 0.25) is 0 Å². The number of alkyl halides is 3. The third-order valence-electron chi connectivity index (χ3n) is 3.42. The topological polar surface area (TPSA) is 59.4 Å². The number of carboxylic acid groups (broad SMARTS) is 1. The van der Waals surface area contributed by atoms with Crippen molar-refractivity contribution in [3.05, 3.63) is 60.0 Å². The predicted octanol–water partition coefficient (Wildman–Crippen LogP) is 4.64. The number of nitrogens with zero attached hydrogens (tertiary/aromatic N) is 1. The Labute approximate surface area is 138 Å². The first-order valence-electron chi connectivity index (χ1n) is 6.93. The molecule has 1 heterocycles. The first-order chi connectivity index (χ1) is 11.7. The molecule has 1 aromatic heterocycles. The summed E-state index contributed by atoms with van der Waals surface area (Å²) >= 11 is 0. The van der Waals surface area contributed by atoms with Crippen LogP contribution >= 0.6 is 0 Å². The van der Waals surface area contributed by atoms with Gasteiger partial charge in [-0.2, -0.15) is 0 Å². The van der Waals surface area contributed by atoms with E-state index in [1.165, 1.54) is 30.3 Å². The quantitative estimate of drug-likeness (QED) is 0.699. The highest BCUT2D eigenvalue weighted by atomic mass is 19.4. The van der Waals surface area contributed by atoms with E-state index in [9.17, 15) is 22.4 Å². The maximum atomic E-state index is 14.7. The Bertz CT molecular complexity index is 953.